The second-order valence-electron chi connectivity index (χ2n) is 7.87. The molecule has 0 atom stereocenters. The number of hydrogen-bond donors (Lipinski definition) is 0. The number of pyridine rings is 1. The molecule has 0 N–H and O–H groups in total. The predicted molar refractivity (Wildman–Crippen MR) is 112 cm³/mol. The number of nitrogens with zero attached hydrogens (tertiary/aromatic N) is 3. The smallest absolute Gasteiger partial charge is 0.342 e. The summed E-state index contributed by atoms with van der Waals surface area (Å²) >= 11 is 0. The van der Waals surface area contributed by atoms with Crippen LogP contribution in [0.2, 0.25) is 0 Å². The summed E-state index contributed by atoms with van der Waals surface area (Å²) in [7, 11) is -4.21. The molecule has 0 amide bonds. The average Bonchev–Trinajstić information content (AvgIpc) is 3.11. The molecule has 154 valence electrons. The van der Waals surface area contributed by atoms with E-state index < -0.39 is 15.9 Å². The molecule has 0 saturated carbocycles. The number of hydrogen-bond acceptors (Lipinski definition) is 5. The Morgan fingerprint density at radius 3 is 2.40 bits per heavy atom. The van der Waals surface area contributed by atoms with Gasteiger partial charge in [0, 0.05) is 23.1 Å². The van der Waals surface area contributed by atoms with Crippen LogP contribution >= 0.6 is 0 Å². The molecule has 0 radical (unpaired) electrons. The first-order valence-corrected chi connectivity index (χ1v) is 10.7. The van der Waals surface area contributed by atoms with Gasteiger partial charge in [-0.1, -0.05) is 39.0 Å². The lowest BCUT2D eigenvalue weighted by molar-refractivity contribution is 0.465. The molecular formula is C22H20FN3O3S. The number of halogens is 1. The SMILES string of the molecule is CC(C)(C)c1cc(OS(=O)(=O)c2cccc3cccnc23)n(-c2ccc(F)cc2)n1. The second-order valence-corrected chi connectivity index (χ2v) is 9.39. The Kier molecular flexibility index (Phi) is 4.82. The lowest BCUT2D eigenvalue weighted by Gasteiger charge is -2.13. The summed E-state index contributed by atoms with van der Waals surface area (Å²) in [6.07, 6.45) is 1.53. The van der Waals surface area contributed by atoms with E-state index in [0.717, 1.165) is 0 Å². The first-order chi connectivity index (χ1) is 14.1. The van der Waals surface area contributed by atoms with Crippen molar-refractivity contribution in [3.8, 4) is 11.6 Å². The molecule has 0 spiro atoms. The summed E-state index contributed by atoms with van der Waals surface area (Å²) in [6, 6.07) is 15.5. The number of benzene rings is 2. The van der Waals surface area contributed by atoms with E-state index >= 15 is 0 Å². The van der Waals surface area contributed by atoms with Crippen molar-refractivity contribution in [2.24, 2.45) is 0 Å². The lowest BCUT2D eigenvalue weighted by atomic mass is 9.93. The van der Waals surface area contributed by atoms with Gasteiger partial charge in [0.15, 0.2) is 0 Å². The molecule has 4 aromatic rings. The van der Waals surface area contributed by atoms with Gasteiger partial charge >= 0.3 is 10.1 Å². The van der Waals surface area contributed by atoms with Crippen molar-refractivity contribution in [1.29, 1.82) is 0 Å². The molecule has 2 aromatic heterocycles. The molecule has 2 heterocycles. The normalized spacial score (nSPS) is 12.3. The fourth-order valence-electron chi connectivity index (χ4n) is 2.99. The Bertz CT molecular complexity index is 1320. The highest BCUT2D eigenvalue weighted by molar-refractivity contribution is 7.87. The van der Waals surface area contributed by atoms with Gasteiger partial charge in [-0.3, -0.25) is 4.98 Å². The molecule has 0 aliphatic rings. The van der Waals surface area contributed by atoms with Gasteiger partial charge in [0.2, 0.25) is 5.88 Å². The molecule has 8 heteroatoms. The summed E-state index contributed by atoms with van der Waals surface area (Å²) in [6.45, 7) is 5.87. The zero-order valence-electron chi connectivity index (χ0n) is 16.7. The minimum absolute atomic E-state index is 0.0134. The van der Waals surface area contributed by atoms with Crippen LogP contribution in [0.4, 0.5) is 4.39 Å². The Morgan fingerprint density at radius 1 is 1.00 bits per heavy atom. The van der Waals surface area contributed by atoms with E-state index in [9.17, 15) is 12.8 Å². The highest BCUT2D eigenvalue weighted by Gasteiger charge is 2.27. The number of rotatable bonds is 4. The van der Waals surface area contributed by atoms with Crippen molar-refractivity contribution in [2.45, 2.75) is 31.1 Å². The topological polar surface area (TPSA) is 74.1 Å². The third-order valence-electron chi connectivity index (χ3n) is 4.58. The monoisotopic (exact) mass is 425 g/mol. The van der Waals surface area contributed by atoms with Crippen molar-refractivity contribution in [1.82, 2.24) is 14.8 Å². The molecule has 0 aliphatic heterocycles. The maximum Gasteiger partial charge on any atom is 0.342 e. The van der Waals surface area contributed by atoms with E-state index in [1.807, 2.05) is 20.8 Å². The standard InChI is InChI=1S/C22H20FN3O3S/c1-22(2,3)19-14-20(26(25-19)17-11-9-16(23)10-12-17)29-30(27,28)18-8-4-6-15-7-5-13-24-21(15)18/h4-14H,1-3H3. The number of para-hydroxylation sites is 1. The van der Waals surface area contributed by atoms with E-state index in [2.05, 4.69) is 10.1 Å². The van der Waals surface area contributed by atoms with Crippen LogP contribution in [0.5, 0.6) is 5.88 Å². The second kappa shape index (κ2) is 7.21. The van der Waals surface area contributed by atoms with Crippen LogP contribution in [-0.2, 0) is 15.5 Å². The Balaban J connectivity index is 1.83. The molecule has 30 heavy (non-hydrogen) atoms. The summed E-state index contributed by atoms with van der Waals surface area (Å²) < 4.78 is 46.6. The summed E-state index contributed by atoms with van der Waals surface area (Å²) in [5.74, 6) is -0.390. The van der Waals surface area contributed by atoms with Gasteiger partial charge in [-0.15, -0.1) is 0 Å². The number of fused-ring (bicyclic) bond motifs is 1. The molecular weight excluding hydrogens is 405 g/mol. The van der Waals surface area contributed by atoms with Gasteiger partial charge in [-0.25, -0.2) is 4.39 Å². The van der Waals surface area contributed by atoms with Gasteiger partial charge < -0.3 is 4.18 Å². The minimum Gasteiger partial charge on any atom is -0.358 e. The van der Waals surface area contributed by atoms with Crippen LogP contribution in [0.1, 0.15) is 26.5 Å². The van der Waals surface area contributed by atoms with Gasteiger partial charge in [0.25, 0.3) is 0 Å². The fraction of sp³-hybridized carbons (Fsp3) is 0.182. The van der Waals surface area contributed by atoms with Crippen LogP contribution in [0.3, 0.4) is 0 Å². The van der Waals surface area contributed by atoms with E-state index in [-0.39, 0.29) is 16.2 Å². The Morgan fingerprint density at radius 2 is 1.70 bits per heavy atom. The van der Waals surface area contributed by atoms with Crippen molar-refractivity contribution < 1.29 is 17.0 Å². The van der Waals surface area contributed by atoms with Crippen LogP contribution in [0, 0.1) is 5.82 Å². The minimum atomic E-state index is -4.21. The molecule has 0 saturated heterocycles. The van der Waals surface area contributed by atoms with E-state index in [1.54, 1.807) is 30.3 Å². The van der Waals surface area contributed by atoms with Crippen LogP contribution in [0.15, 0.2) is 71.8 Å². The predicted octanol–water partition coefficient (Wildman–Crippen LogP) is 4.62. The van der Waals surface area contributed by atoms with Crippen molar-refractivity contribution in [3.63, 3.8) is 0 Å². The van der Waals surface area contributed by atoms with Gasteiger partial charge in [0.1, 0.15) is 10.7 Å². The van der Waals surface area contributed by atoms with Crippen LogP contribution < -0.4 is 4.18 Å². The average molecular weight is 425 g/mol. The van der Waals surface area contributed by atoms with Crippen molar-refractivity contribution in [3.05, 3.63) is 78.4 Å². The molecule has 0 fully saturated rings. The maximum atomic E-state index is 13.4. The third kappa shape index (κ3) is 3.78. The van der Waals surface area contributed by atoms with Crippen LogP contribution in [-0.4, -0.2) is 23.2 Å². The van der Waals surface area contributed by atoms with Gasteiger partial charge in [-0.05, 0) is 36.4 Å². The zero-order chi connectivity index (χ0) is 21.5. The van der Waals surface area contributed by atoms with Crippen LogP contribution in [0.25, 0.3) is 16.6 Å². The summed E-state index contributed by atoms with van der Waals surface area (Å²) in [5, 5.41) is 5.20. The number of aromatic nitrogens is 3. The third-order valence-corrected chi connectivity index (χ3v) is 5.83. The highest BCUT2D eigenvalue weighted by Crippen LogP contribution is 2.30. The first kappa shape index (κ1) is 20.0. The van der Waals surface area contributed by atoms with Gasteiger partial charge in [0.05, 0.1) is 16.9 Å². The lowest BCUT2D eigenvalue weighted by Crippen LogP contribution is -2.14. The largest absolute Gasteiger partial charge is 0.358 e. The fourth-order valence-corrected chi connectivity index (χ4v) is 4.08. The summed E-state index contributed by atoms with van der Waals surface area (Å²) in [5.41, 5.74) is 1.08. The van der Waals surface area contributed by atoms with Gasteiger partial charge in [-0.2, -0.15) is 18.2 Å². The highest BCUT2D eigenvalue weighted by atomic mass is 32.2. The summed E-state index contributed by atoms with van der Waals surface area (Å²) in [4.78, 5) is 4.16. The zero-order valence-corrected chi connectivity index (χ0v) is 17.5. The Labute approximate surface area is 174 Å². The van der Waals surface area contributed by atoms with E-state index in [1.165, 1.54) is 41.2 Å². The first-order valence-electron chi connectivity index (χ1n) is 9.30. The molecule has 0 unspecified atom stereocenters. The molecule has 6 nitrogen and oxygen atoms in total. The molecule has 0 aliphatic carbocycles. The van der Waals surface area contributed by atoms with Crippen molar-refractivity contribution >= 4 is 21.0 Å². The Hall–Kier alpha value is -3.26. The quantitative estimate of drug-likeness (QED) is 0.446. The molecule has 0 bridgehead atoms. The van der Waals surface area contributed by atoms with E-state index in [4.69, 9.17) is 4.18 Å². The molecule has 2 aromatic carbocycles. The van der Waals surface area contributed by atoms with Crippen molar-refractivity contribution in [2.75, 3.05) is 0 Å². The molecule has 4 rings (SSSR count). The van der Waals surface area contributed by atoms with E-state index in [0.29, 0.717) is 22.3 Å². The maximum absolute atomic E-state index is 13.4.